The largest absolute Gasteiger partial charge is 0.497 e. The second-order valence-electron chi connectivity index (χ2n) is 6.37. The van der Waals surface area contributed by atoms with E-state index in [4.69, 9.17) is 4.74 Å². The number of rotatable bonds is 3. The first-order valence-corrected chi connectivity index (χ1v) is 8.19. The first kappa shape index (κ1) is 14.5. The van der Waals surface area contributed by atoms with E-state index in [2.05, 4.69) is 46.7 Å². The molecule has 0 fully saturated rings. The van der Waals surface area contributed by atoms with Gasteiger partial charge in [-0.1, -0.05) is 24.3 Å². The van der Waals surface area contributed by atoms with E-state index >= 15 is 0 Å². The summed E-state index contributed by atoms with van der Waals surface area (Å²) in [6.45, 7) is 0.152. The number of para-hydroxylation sites is 1. The normalized spacial score (nSPS) is 26.9. The lowest BCUT2D eigenvalue weighted by atomic mass is 9.84. The van der Waals surface area contributed by atoms with Crippen LogP contribution in [0.2, 0.25) is 0 Å². The number of aromatic amines is 1. The van der Waals surface area contributed by atoms with E-state index in [0.29, 0.717) is 5.92 Å². The van der Waals surface area contributed by atoms with Crippen molar-refractivity contribution in [2.75, 3.05) is 13.7 Å². The molecule has 1 aliphatic heterocycles. The summed E-state index contributed by atoms with van der Waals surface area (Å²) in [5.74, 6) is 1.22. The van der Waals surface area contributed by atoms with Crippen LogP contribution in [0.15, 0.2) is 48.3 Å². The molecule has 3 N–H and O–H groups in total. The first-order chi connectivity index (χ1) is 11.3. The lowest BCUT2D eigenvalue weighted by Gasteiger charge is -2.35. The van der Waals surface area contributed by atoms with E-state index in [1.165, 1.54) is 22.2 Å². The van der Waals surface area contributed by atoms with Crippen LogP contribution in [-0.4, -0.2) is 29.8 Å². The molecule has 2 aromatic rings. The first-order valence-electron chi connectivity index (χ1n) is 8.19. The predicted octanol–water partition coefficient (Wildman–Crippen LogP) is 2.82. The Morgan fingerprint density at radius 1 is 1.30 bits per heavy atom. The van der Waals surface area contributed by atoms with Gasteiger partial charge in [-0.3, -0.25) is 0 Å². The van der Waals surface area contributed by atoms with Gasteiger partial charge in [0.1, 0.15) is 5.76 Å². The highest BCUT2D eigenvalue weighted by atomic mass is 16.5. The Labute approximate surface area is 135 Å². The number of hydrogen-bond acceptors (Lipinski definition) is 3. The molecule has 0 radical (unpaired) electrons. The van der Waals surface area contributed by atoms with Gasteiger partial charge in [-0.2, -0.15) is 0 Å². The number of nitrogens with one attached hydrogen (secondary N) is 2. The SMILES string of the molecule is COC1=CC(C2NC(CO)Cc3c2[nH]c2ccccc32)CC=C1. The number of H-pyrrole nitrogens is 1. The molecule has 0 amide bonds. The van der Waals surface area contributed by atoms with Crippen molar-refractivity contribution < 1.29 is 9.84 Å². The minimum absolute atomic E-state index is 0.0945. The second-order valence-corrected chi connectivity index (χ2v) is 6.37. The summed E-state index contributed by atoms with van der Waals surface area (Å²) in [4.78, 5) is 3.60. The minimum atomic E-state index is 0.0945. The van der Waals surface area contributed by atoms with E-state index < -0.39 is 0 Å². The van der Waals surface area contributed by atoms with Crippen LogP contribution < -0.4 is 5.32 Å². The number of allylic oxidation sites excluding steroid dienone is 2. The van der Waals surface area contributed by atoms with Crippen molar-refractivity contribution in [3.63, 3.8) is 0 Å². The lowest BCUT2D eigenvalue weighted by Crippen LogP contribution is -2.44. The summed E-state index contributed by atoms with van der Waals surface area (Å²) >= 11 is 0. The molecule has 23 heavy (non-hydrogen) atoms. The summed E-state index contributed by atoms with van der Waals surface area (Å²) in [6.07, 6.45) is 8.20. The third-order valence-corrected chi connectivity index (χ3v) is 4.98. The molecule has 1 aromatic heterocycles. The Bertz CT molecular complexity index is 775. The fourth-order valence-corrected chi connectivity index (χ4v) is 3.85. The standard InChI is InChI=1S/C19H22N2O2/c1-23-14-6-4-5-12(9-14)18-19-16(10-13(11-22)20-18)15-7-2-3-8-17(15)21-19/h2-4,6-9,12-13,18,20-22H,5,10-11H2,1H3. The van der Waals surface area contributed by atoms with E-state index in [-0.39, 0.29) is 18.7 Å². The van der Waals surface area contributed by atoms with Crippen molar-refractivity contribution in [3.05, 3.63) is 59.5 Å². The minimum Gasteiger partial charge on any atom is -0.497 e. The second kappa shape index (κ2) is 5.87. The molecule has 3 atom stereocenters. The van der Waals surface area contributed by atoms with Crippen molar-refractivity contribution in [2.24, 2.45) is 5.92 Å². The third-order valence-electron chi connectivity index (χ3n) is 4.98. The number of aliphatic hydroxyl groups excluding tert-OH is 1. The van der Waals surface area contributed by atoms with Crippen LogP contribution in [0.5, 0.6) is 0 Å². The molecule has 3 unspecified atom stereocenters. The molecule has 1 aromatic carbocycles. The Morgan fingerprint density at radius 3 is 3.00 bits per heavy atom. The molecule has 4 heteroatoms. The Hall–Kier alpha value is -2.04. The molecular weight excluding hydrogens is 288 g/mol. The lowest BCUT2D eigenvalue weighted by molar-refractivity contribution is 0.208. The van der Waals surface area contributed by atoms with Crippen molar-refractivity contribution in [3.8, 4) is 0 Å². The van der Waals surface area contributed by atoms with Gasteiger partial charge in [-0.05, 0) is 36.6 Å². The van der Waals surface area contributed by atoms with Gasteiger partial charge < -0.3 is 20.1 Å². The van der Waals surface area contributed by atoms with Gasteiger partial charge in [0.25, 0.3) is 0 Å². The van der Waals surface area contributed by atoms with Crippen LogP contribution in [0.25, 0.3) is 10.9 Å². The van der Waals surface area contributed by atoms with Crippen LogP contribution in [0.4, 0.5) is 0 Å². The highest BCUT2D eigenvalue weighted by molar-refractivity contribution is 5.85. The number of hydrogen-bond donors (Lipinski definition) is 3. The number of ether oxygens (including phenoxy) is 1. The molecule has 0 saturated heterocycles. The van der Waals surface area contributed by atoms with Gasteiger partial charge in [0.05, 0.1) is 19.8 Å². The molecule has 2 heterocycles. The number of methoxy groups -OCH3 is 1. The smallest absolute Gasteiger partial charge is 0.114 e. The Morgan fingerprint density at radius 2 is 2.17 bits per heavy atom. The maximum absolute atomic E-state index is 9.71. The molecule has 0 bridgehead atoms. The van der Waals surface area contributed by atoms with E-state index in [0.717, 1.165) is 18.6 Å². The van der Waals surface area contributed by atoms with Gasteiger partial charge >= 0.3 is 0 Å². The maximum atomic E-state index is 9.71. The third kappa shape index (κ3) is 2.48. The molecule has 0 spiro atoms. The highest BCUT2D eigenvalue weighted by Crippen LogP contribution is 2.38. The zero-order valence-electron chi connectivity index (χ0n) is 13.3. The Kier molecular flexibility index (Phi) is 3.71. The van der Waals surface area contributed by atoms with Crippen LogP contribution in [0, 0.1) is 5.92 Å². The molecule has 2 aliphatic rings. The zero-order valence-corrected chi connectivity index (χ0v) is 13.3. The number of aromatic nitrogens is 1. The van der Waals surface area contributed by atoms with E-state index in [1.54, 1.807) is 7.11 Å². The summed E-state index contributed by atoms with van der Waals surface area (Å²) in [5.41, 5.74) is 3.76. The van der Waals surface area contributed by atoms with E-state index in [9.17, 15) is 5.11 Å². The van der Waals surface area contributed by atoms with Crippen LogP contribution in [-0.2, 0) is 11.2 Å². The van der Waals surface area contributed by atoms with Gasteiger partial charge in [0.15, 0.2) is 0 Å². The quantitative estimate of drug-likeness (QED) is 0.817. The van der Waals surface area contributed by atoms with Gasteiger partial charge in [-0.25, -0.2) is 0 Å². The topological polar surface area (TPSA) is 57.3 Å². The highest BCUT2D eigenvalue weighted by Gasteiger charge is 2.33. The maximum Gasteiger partial charge on any atom is 0.114 e. The number of fused-ring (bicyclic) bond motifs is 3. The average molecular weight is 310 g/mol. The molecule has 1 aliphatic carbocycles. The molecular formula is C19H22N2O2. The summed E-state index contributed by atoms with van der Waals surface area (Å²) < 4.78 is 5.40. The van der Waals surface area contributed by atoms with Crippen molar-refractivity contribution in [2.45, 2.75) is 24.9 Å². The van der Waals surface area contributed by atoms with Crippen molar-refractivity contribution >= 4 is 10.9 Å². The summed E-state index contributed by atoms with van der Waals surface area (Å²) in [7, 11) is 1.71. The predicted molar refractivity (Wildman–Crippen MR) is 91.1 cm³/mol. The fourth-order valence-electron chi connectivity index (χ4n) is 3.85. The molecule has 4 nitrogen and oxygen atoms in total. The zero-order chi connectivity index (χ0) is 15.8. The Balaban J connectivity index is 1.79. The van der Waals surface area contributed by atoms with Crippen molar-refractivity contribution in [1.29, 1.82) is 0 Å². The summed E-state index contributed by atoms with van der Waals surface area (Å²) in [6, 6.07) is 8.68. The fraction of sp³-hybridized carbons (Fsp3) is 0.368. The molecule has 120 valence electrons. The van der Waals surface area contributed by atoms with Gasteiger partial charge in [-0.15, -0.1) is 0 Å². The molecule has 4 rings (SSSR count). The molecule has 0 saturated carbocycles. The number of benzene rings is 1. The monoisotopic (exact) mass is 310 g/mol. The van der Waals surface area contributed by atoms with Gasteiger partial charge in [0, 0.05) is 28.6 Å². The average Bonchev–Trinajstić information content (AvgIpc) is 2.99. The van der Waals surface area contributed by atoms with Crippen LogP contribution >= 0.6 is 0 Å². The van der Waals surface area contributed by atoms with Gasteiger partial charge in [0.2, 0.25) is 0 Å². The van der Waals surface area contributed by atoms with Crippen LogP contribution in [0.3, 0.4) is 0 Å². The number of aliphatic hydroxyl groups is 1. The van der Waals surface area contributed by atoms with Crippen LogP contribution in [0.1, 0.15) is 23.7 Å². The summed E-state index contributed by atoms with van der Waals surface area (Å²) in [5, 5.41) is 14.6. The van der Waals surface area contributed by atoms with Crippen molar-refractivity contribution in [1.82, 2.24) is 10.3 Å². The van der Waals surface area contributed by atoms with E-state index in [1.807, 2.05) is 6.08 Å².